The molecular formula is C23H16FN5OS. The molecule has 6 nitrogen and oxygen atoms in total. The first kappa shape index (κ1) is 18.4. The van der Waals surface area contributed by atoms with Crippen LogP contribution < -0.4 is 0 Å². The number of hydrogen-bond acceptors (Lipinski definition) is 6. The Labute approximate surface area is 181 Å². The summed E-state index contributed by atoms with van der Waals surface area (Å²) in [5.74, 6) is -0.543. The molecule has 3 aromatic rings. The first-order valence-electron chi connectivity index (χ1n) is 9.90. The number of allylic oxidation sites excluding steroid dienone is 1. The fraction of sp³-hybridized carbons (Fsp3) is 0.174. The van der Waals surface area contributed by atoms with Crippen molar-refractivity contribution < 1.29 is 9.18 Å². The van der Waals surface area contributed by atoms with Gasteiger partial charge in [-0.1, -0.05) is 24.3 Å². The fourth-order valence-electron chi connectivity index (χ4n) is 4.28. The van der Waals surface area contributed by atoms with Gasteiger partial charge < -0.3 is 0 Å². The monoisotopic (exact) mass is 429 g/mol. The maximum Gasteiger partial charge on any atom is 0.199 e. The highest BCUT2D eigenvalue weighted by Gasteiger charge is 2.44. The van der Waals surface area contributed by atoms with E-state index in [-0.39, 0.29) is 17.6 Å². The lowest BCUT2D eigenvalue weighted by molar-refractivity contribution is -0.112. The molecule has 0 bridgehead atoms. The van der Waals surface area contributed by atoms with Crippen molar-refractivity contribution in [3.05, 3.63) is 76.1 Å². The van der Waals surface area contributed by atoms with E-state index in [0.29, 0.717) is 17.7 Å². The van der Waals surface area contributed by atoms with Gasteiger partial charge in [0.15, 0.2) is 5.78 Å². The van der Waals surface area contributed by atoms with Crippen molar-refractivity contribution in [1.29, 1.82) is 0 Å². The van der Waals surface area contributed by atoms with E-state index in [1.54, 1.807) is 24.4 Å². The summed E-state index contributed by atoms with van der Waals surface area (Å²) in [6.07, 6.45) is 4.11. The summed E-state index contributed by atoms with van der Waals surface area (Å²) in [6.45, 7) is 0. The molecular weight excluding hydrogens is 413 g/mol. The van der Waals surface area contributed by atoms with Gasteiger partial charge in [0.25, 0.3) is 0 Å². The van der Waals surface area contributed by atoms with Crippen molar-refractivity contribution in [2.45, 2.75) is 17.7 Å². The number of rotatable bonds is 3. The number of benzene rings is 2. The number of aryl methyl sites for hydroxylation is 1. The molecule has 2 aromatic carbocycles. The Hall–Kier alpha value is -3.39. The van der Waals surface area contributed by atoms with Crippen LogP contribution in [0.3, 0.4) is 0 Å². The molecule has 1 saturated heterocycles. The van der Waals surface area contributed by atoms with Crippen molar-refractivity contribution in [2.75, 3.05) is 0 Å². The van der Waals surface area contributed by atoms with Crippen molar-refractivity contribution in [2.24, 2.45) is 22.2 Å². The summed E-state index contributed by atoms with van der Waals surface area (Å²) in [6, 6.07) is 12.3. The molecule has 0 saturated carbocycles. The maximum absolute atomic E-state index is 14.4. The average molecular weight is 429 g/mol. The number of halogens is 1. The quantitative estimate of drug-likeness (QED) is 0.635. The van der Waals surface area contributed by atoms with Gasteiger partial charge >= 0.3 is 0 Å². The number of nitrogens with zero attached hydrogens (tertiary/aromatic N) is 5. The van der Waals surface area contributed by atoms with E-state index in [1.165, 1.54) is 17.8 Å². The molecule has 4 heterocycles. The van der Waals surface area contributed by atoms with E-state index in [0.717, 1.165) is 32.7 Å². The molecule has 152 valence electrons. The number of thioether (sulfide) groups is 1. The van der Waals surface area contributed by atoms with Gasteiger partial charge in [0, 0.05) is 34.9 Å². The van der Waals surface area contributed by atoms with Gasteiger partial charge in [-0.3, -0.25) is 14.5 Å². The predicted octanol–water partition coefficient (Wildman–Crippen LogP) is 3.83. The summed E-state index contributed by atoms with van der Waals surface area (Å²) in [4.78, 5) is 18.7. The third-order valence-electron chi connectivity index (χ3n) is 5.82. The van der Waals surface area contributed by atoms with Crippen LogP contribution >= 0.6 is 11.8 Å². The van der Waals surface area contributed by atoms with Crippen LogP contribution in [0.4, 0.5) is 4.39 Å². The van der Waals surface area contributed by atoms with Gasteiger partial charge in [-0.25, -0.2) is 4.39 Å². The number of fused-ring (bicyclic) bond motifs is 3. The van der Waals surface area contributed by atoms with Crippen LogP contribution in [0.25, 0.3) is 10.9 Å². The zero-order valence-electron chi connectivity index (χ0n) is 16.5. The highest BCUT2D eigenvalue weighted by molar-refractivity contribution is 8.06. The van der Waals surface area contributed by atoms with Crippen LogP contribution in [0.15, 0.2) is 74.3 Å². The van der Waals surface area contributed by atoms with E-state index in [4.69, 9.17) is 4.99 Å². The minimum absolute atomic E-state index is 0.162. The zero-order chi connectivity index (χ0) is 21.1. The van der Waals surface area contributed by atoms with Gasteiger partial charge in [0.05, 0.1) is 29.7 Å². The van der Waals surface area contributed by atoms with E-state index in [1.807, 2.05) is 30.1 Å². The summed E-state index contributed by atoms with van der Waals surface area (Å²) >= 11 is 1.34. The highest BCUT2D eigenvalue weighted by atomic mass is 32.2. The molecule has 3 aliphatic rings. The van der Waals surface area contributed by atoms with E-state index < -0.39 is 5.25 Å². The van der Waals surface area contributed by atoms with Crippen LogP contribution in [-0.4, -0.2) is 39.2 Å². The molecule has 2 atom stereocenters. The Morgan fingerprint density at radius 1 is 1.19 bits per heavy atom. The van der Waals surface area contributed by atoms with Crippen LogP contribution in [0.2, 0.25) is 0 Å². The Bertz CT molecular complexity index is 1400. The van der Waals surface area contributed by atoms with E-state index in [2.05, 4.69) is 21.4 Å². The molecule has 1 aromatic heterocycles. The minimum Gasteiger partial charge on any atom is -0.291 e. The second kappa shape index (κ2) is 6.81. The molecule has 31 heavy (non-hydrogen) atoms. The minimum atomic E-state index is -0.636. The number of carbonyl (C=O) groups excluding carboxylic acids is 1. The third-order valence-corrected chi connectivity index (χ3v) is 7.18. The summed E-state index contributed by atoms with van der Waals surface area (Å²) in [7, 11) is 1.91. The Morgan fingerprint density at radius 2 is 2.06 bits per heavy atom. The molecule has 6 rings (SSSR count). The second-order valence-electron chi connectivity index (χ2n) is 7.72. The molecule has 0 N–H and O–H groups in total. The summed E-state index contributed by atoms with van der Waals surface area (Å²) < 4.78 is 16.2. The smallest absolute Gasteiger partial charge is 0.199 e. The van der Waals surface area contributed by atoms with Crippen molar-refractivity contribution in [3.63, 3.8) is 0 Å². The SMILES string of the molecule is Cn1ncc2cc(CC3N=C4C(=O)C(c5ccccc5F)SC4=C4C=NN=C43)ccc21. The van der Waals surface area contributed by atoms with Crippen LogP contribution in [-0.2, 0) is 18.3 Å². The number of carbonyl (C=O) groups is 1. The molecule has 0 radical (unpaired) electrons. The lowest BCUT2D eigenvalue weighted by Gasteiger charge is -2.20. The molecule has 0 spiro atoms. The Morgan fingerprint density at radius 3 is 2.94 bits per heavy atom. The van der Waals surface area contributed by atoms with Gasteiger partial charge in [-0.05, 0) is 23.8 Å². The Balaban J connectivity index is 1.38. The van der Waals surface area contributed by atoms with Crippen LogP contribution in [0.5, 0.6) is 0 Å². The molecule has 0 amide bonds. The van der Waals surface area contributed by atoms with E-state index >= 15 is 0 Å². The van der Waals surface area contributed by atoms with Gasteiger partial charge in [-0.2, -0.15) is 15.3 Å². The largest absolute Gasteiger partial charge is 0.291 e. The highest BCUT2D eigenvalue weighted by Crippen LogP contribution is 2.47. The van der Waals surface area contributed by atoms with E-state index in [9.17, 15) is 9.18 Å². The number of hydrogen-bond donors (Lipinski definition) is 0. The lowest BCUT2D eigenvalue weighted by Crippen LogP contribution is -2.31. The second-order valence-corrected chi connectivity index (χ2v) is 8.83. The first-order chi connectivity index (χ1) is 15.1. The number of dihydropyridines is 1. The van der Waals surface area contributed by atoms with Crippen LogP contribution in [0, 0.1) is 5.82 Å². The molecule has 3 aliphatic heterocycles. The fourth-order valence-corrected chi connectivity index (χ4v) is 5.60. The normalized spacial score (nSPS) is 22.1. The third kappa shape index (κ3) is 2.82. The summed E-state index contributed by atoms with van der Waals surface area (Å²) in [5.41, 5.74) is 4.52. The van der Waals surface area contributed by atoms with Crippen molar-refractivity contribution in [3.8, 4) is 0 Å². The standard InChI is InChI=1S/C23H16FN5OS/c1-29-18-7-6-12(8-13(18)10-26-29)9-17-19-15(11-25-28-19)22-20(27-17)21(30)23(31-22)14-4-2-3-5-16(14)24/h2-8,10-11,17,23H,9H2,1H3. The van der Waals surface area contributed by atoms with Gasteiger partial charge in [0.2, 0.25) is 0 Å². The predicted molar refractivity (Wildman–Crippen MR) is 120 cm³/mol. The lowest BCUT2D eigenvalue weighted by atomic mass is 9.92. The van der Waals surface area contributed by atoms with Gasteiger partial charge in [-0.15, -0.1) is 11.8 Å². The number of aliphatic imine (C=N–C) groups is 1. The van der Waals surface area contributed by atoms with Crippen molar-refractivity contribution >= 4 is 46.1 Å². The molecule has 8 heteroatoms. The molecule has 0 aliphatic carbocycles. The van der Waals surface area contributed by atoms with Gasteiger partial charge in [0.1, 0.15) is 16.8 Å². The number of ketones is 1. The van der Waals surface area contributed by atoms with Crippen LogP contribution in [0.1, 0.15) is 16.4 Å². The Kier molecular flexibility index (Phi) is 4.04. The molecule has 2 unspecified atom stereocenters. The first-order valence-corrected chi connectivity index (χ1v) is 10.8. The zero-order valence-corrected chi connectivity index (χ0v) is 17.3. The maximum atomic E-state index is 14.4. The van der Waals surface area contributed by atoms with Crippen molar-refractivity contribution in [1.82, 2.24) is 9.78 Å². The average Bonchev–Trinajstić information content (AvgIpc) is 3.47. The number of Topliss-reactive ketones (excluding diaryl/α,β-unsaturated/α-hetero) is 1. The summed E-state index contributed by atoms with van der Waals surface area (Å²) in [5, 5.41) is 13.1. The number of aromatic nitrogens is 2. The topological polar surface area (TPSA) is 72.0 Å². The molecule has 1 fully saturated rings.